The quantitative estimate of drug-likeness (QED) is 0.520. The first-order valence-electron chi connectivity index (χ1n) is 5.17. The summed E-state index contributed by atoms with van der Waals surface area (Å²) in [6.07, 6.45) is -1.29. The van der Waals surface area contributed by atoms with Gasteiger partial charge in [0.1, 0.15) is 18.4 Å². The summed E-state index contributed by atoms with van der Waals surface area (Å²) < 4.78 is 0. The summed E-state index contributed by atoms with van der Waals surface area (Å²) in [6, 6.07) is 0. The highest BCUT2D eigenvalue weighted by molar-refractivity contribution is 7.09. The standard InChI is InChI=1S/C8H10N4O7S/c1-5-10-7(4-20-5)8(13)9-2-6(19-12(16)17)3-18-11(14)15/h4,6H,2-3H2,1H3,(H,9,13). The van der Waals surface area contributed by atoms with Crippen molar-refractivity contribution in [3.05, 3.63) is 36.3 Å². The first-order valence-corrected chi connectivity index (χ1v) is 6.05. The number of nitrogens with zero attached hydrogens (tertiary/aromatic N) is 3. The monoisotopic (exact) mass is 306 g/mol. The van der Waals surface area contributed by atoms with Crippen LogP contribution in [-0.2, 0) is 9.68 Å². The molecule has 0 saturated heterocycles. The Morgan fingerprint density at radius 1 is 1.50 bits per heavy atom. The van der Waals surface area contributed by atoms with Crippen LogP contribution < -0.4 is 5.32 Å². The second-order valence-electron chi connectivity index (χ2n) is 3.43. The normalized spacial score (nSPS) is 11.4. The third-order valence-corrected chi connectivity index (χ3v) is 2.72. The molecular weight excluding hydrogens is 296 g/mol. The lowest BCUT2D eigenvalue weighted by molar-refractivity contribution is -0.789. The van der Waals surface area contributed by atoms with Gasteiger partial charge in [-0.1, -0.05) is 0 Å². The molecule has 20 heavy (non-hydrogen) atoms. The third kappa shape index (κ3) is 5.43. The van der Waals surface area contributed by atoms with Crippen LogP contribution in [0.15, 0.2) is 5.38 Å². The lowest BCUT2D eigenvalue weighted by Gasteiger charge is -2.13. The molecule has 0 radical (unpaired) electrons. The molecule has 0 aromatic carbocycles. The molecule has 0 aliphatic heterocycles. The number of thiazole rings is 1. The van der Waals surface area contributed by atoms with E-state index in [1.54, 1.807) is 6.92 Å². The van der Waals surface area contributed by atoms with E-state index in [2.05, 4.69) is 20.0 Å². The predicted octanol–water partition coefficient (Wildman–Crippen LogP) is -0.0335. The maximum absolute atomic E-state index is 11.6. The van der Waals surface area contributed by atoms with Crippen LogP contribution in [0, 0.1) is 27.2 Å². The maximum Gasteiger partial charge on any atom is 0.294 e. The second kappa shape index (κ2) is 7.18. The van der Waals surface area contributed by atoms with Gasteiger partial charge in [0.15, 0.2) is 0 Å². The number of carbonyl (C=O) groups is 1. The van der Waals surface area contributed by atoms with Gasteiger partial charge in [-0.2, -0.15) is 0 Å². The Balaban J connectivity index is 2.50. The molecule has 11 nitrogen and oxygen atoms in total. The largest absolute Gasteiger partial charge is 0.348 e. The van der Waals surface area contributed by atoms with Crippen LogP contribution >= 0.6 is 11.3 Å². The molecule has 0 spiro atoms. The molecule has 1 heterocycles. The summed E-state index contributed by atoms with van der Waals surface area (Å²) in [5, 5.41) is 22.5. The van der Waals surface area contributed by atoms with Gasteiger partial charge in [0.05, 0.1) is 5.01 Å². The van der Waals surface area contributed by atoms with Crippen molar-refractivity contribution >= 4 is 17.2 Å². The van der Waals surface area contributed by atoms with E-state index in [0.29, 0.717) is 5.01 Å². The van der Waals surface area contributed by atoms with Crippen molar-refractivity contribution in [1.82, 2.24) is 10.3 Å². The molecule has 1 atom stereocenters. The van der Waals surface area contributed by atoms with E-state index in [1.165, 1.54) is 16.7 Å². The Morgan fingerprint density at radius 3 is 2.70 bits per heavy atom. The third-order valence-electron chi connectivity index (χ3n) is 1.94. The fraction of sp³-hybridized carbons (Fsp3) is 0.500. The predicted molar refractivity (Wildman–Crippen MR) is 64.0 cm³/mol. The van der Waals surface area contributed by atoms with Crippen molar-refractivity contribution in [3.63, 3.8) is 0 Å². The van der Waals surface area contributed by atoms with Gasteiger partial charge in [0, 0.05) is 11.9 Å². The summed E-state index contributed by atoms with van der Waals surface area (Å²) in [5.41, 5.74) is 0.155. The van der Waals surface area contributed by atoms with Gasteiger partial charge in [-0.25, -0.2) is 4.98 Å². The summed E-state index contributed by atoms with van der Waals surface area (Å²) in [5.74, 6) is -0.563. The minimum Gasteiger partial charge on any atom is -0.348 e. The van der Waals surface area contributed by atoms with Gasteiger partial charge in [-0.3, -0.25) is 4.79 Å². The zero-order valence-electron chi connectivity index (χ0n) is 10.2. The van der Waals surface area contributed by atoms with Gasteiger partial charge in [-0.05, 0) is 6.92 Å². The van der Waals surface area contributed by atoms with Crippen LogP contribution in [0.1, 0.15) is 15.5 Å². The lowest BCUT2D eigenvalue weighted by atomic mass is 10.3. The molecule has 1 amide bonds. The Morgan fingerprint density at radius 2 is 2.20 bits per heavy atom. The summed E-state index contributed by atoms with van der Waals surface area (Å²) >= 11 is 1.27. The molecule has 1 aromatic heterocycles. The molecule has 1 unspecified atom stereocenters. The molecule has 110 valence electrons. The fourth-order valence-corrected chi connectivity index (χ4v) is 1.75. The van der Waals surface area contributed by atoms with Crippen molar-refractivity contribution < 1.29 is 24.6 Å². The van der Waals surface area contributed by atoms with Crippen LogP contribution in [0.4, 0.5) is 0 Å². The van der Waals surface area contributed by atoms with Gasteiger partial charge < -0.3 is 15.0 Å². The molecule has 12 heteroatoms. The van der Waals surface area contributed by atoms with E-state index >= 15 is 0 Å². The molecule has 0 saturated carbocycles. The van der Waals surface area contributed by atoms with E-state index in [0.717, 1.165) is 0 Å². The van der Waals surface area contributed by atoms with Crippen LogP contribution in [0.2, 0.25) is 0 Å². The van der Waals surface area contributed by atoms with Crippen LogP contribution in [0.25, 0.3) is 0 Å². The van der Waals surface area contributed by atoms with Gasteiger partial charge in [-0.15, -0.1) is 31.6 Å². The van der Waals surface area contributed by atoms with E-state index in [1.807, 2.05) is 0 Å². The van der Waals surface area contributed by atoms with Crippen molar-refractivity contribution in [2.24, 2.45) is 0 Å². The van der Waals surface area contributed by atoms with Crippen LogP contribution in [-0.4, -0.2) is 40.3 Å². The number of aromatic nitrogens is 1. The fourth-order valence-electron chi connectivity index (χ4n) is 1.16. The lowest BCUT2D eigenvalue weighted by Crippen LogP contribution is -2.38. The molecule has 1 N–H and O–H groups in total. The Kier molecular flexibility index (Phi) is 5.58. The van der Waals surface area contributed by atoms with Gasteiger partial charge in [0.2, 0.25) is 0 Å². The Hall–Kier alpha value is -2.50. The smallest absolute Gasteiger partial charge is 0.294 e. The molecule has 0 bridgehead atoms. The SMILES string of the molecule is Cc1nc(C(=O)NCC(CO[N+](=O)[O-])O[N+](=O)[O-])cs1. The van der Waals surface area contributed by atoms with Crippen molar-refractivity contribution in [3.8, 4) is 0 Å². The van der Waals surface area contributed by atoms with E-state index in [-0.39, 0.29) is 12.2 Å². The minimum atomic E-state index is -1.29. The minimum absolute atomic E-state index is 0.155. The number of amides is 1. The number of hydrogen-bond donors (Lipinski definition) is 1. The average Bonchev–Trinajstić information content (AvgIpc) is 2.78. The summed E-state index contributed by atoms with van der Waals surface area (Å²) in [6.45, 7) is 0.708. The van der Waals surface area contributed by atoms with Gasteiger partial charge >= 0.3 is 0 Å². The van der Waals surface area contributed by atoms with E-state index in [4.69, 9.17) is 0 Å². The Bertz CT molecular complexity index is 505. The maximum atomic E-state index is 11.6. The molecule has 1 aromatic rings. The van der Waals surface area contributed by atoms with Crippen molar-refractivity contribution in [1.29, 1.82) is 0 Å². The van der Waals surface area contributed by atoms with Crippen LogP contribution in [0.3, 0.4) is 0 Å². The number of aryl methyl sites for hydroxylation is 1. The summed E-state index contributed by atoms with van der Waals surface area (Å²) in [4.78, 5) is 43.9. The van der Waals surface area contributed by atoms with E-state index < -0.39 is 28.8 Å². The second-order valence-corrected chi connectivity index (χ2v) is 4.49. The average molecular weight is 306 g/mol. The van der Waals surface area contributed by atoms with Crippen molar-refractivity contribution in [2.75, 3.05) is 13.2 Å². The highest BCUT2D eigenvalue weighted by Gasteiger charge is 2.18. The number of rotatable bonds is 8. The highest BCUT2D eigenvalue weighted by Crippen LogP contribution is 2.07. The number of carbonyl (C=O) groups excluding carboxylic acids is 1. The Labute approximate surface area is 115 Å². The van der Waals surface area contributed by atoms with Gasteiger partial charge in [0.25, 0.3) is 16.1 Å². The number of hydrogen-bond acceptors (Lipinski definition) is 9. The topological polar surface area (TPSA) is 147 Å². The molecule has 0 aliphatic carbocycles. The first kappa shape index (κ1) is 15.6. The van der Waals surface area contributed by atoms with Crippen LogP contribution in [0.5, 0.6) is 0 Å². The first-order chi connectivity index (χ1) is 9.38. The zero-order chi connectivity index (χ0) is 15.1. The van der Waals surface area contributed by atoms with Crippen molar-refractivity contribution in [2.45, 2.75) is 13.0 Å². The van der Waals surface area contributed by atoms with E-state index in [9.17, 15) is 25.0 Å². The molecule has 0 aliphatic rings. The molecule has 0 fully saturated rings. The number of nitrogens with one attached hydrogen (secondary N) is 1. The zero-order valence-corrected chi connectivity index (χ0v) is 11.0. The summed E-state index contributed by atoms with van der Waals surface area (Å²) in [7, 11) is 0. The highest BCUT2D eigenvalue weighted by atomic mass is 32.1. The molecular formula is C8H10N4O7S. The molecule has 1 rings (SSSR count).